The van der Waals surface area contributed by atoms with Crippen molar-refractivity contribution in [3.63, 3.8) is 0 Å². The molecule has 134 valence electrons. The molecule has 1 saturated heterocycles. The van der Waals surface area contributed by atoms with E-state index in [1.165, 1.54) is 12.6 Å². The maximum atomic E-state index is 12.1. The van der Waals surface area contributed by atoms with Gasteiger partial charge in [0.05, 0.1) is 7.11 Å². The molecule has 1 aromatic carbocycles. The fourth-order valence-corrected chi connectivity index (χ4v) is 3.51. The molecule has 1 aliphatic rings. The van der Waals surface area contributed by atoms with Crippen LogP contribution in [0.2, 0.25) is 0 Å². The van der Waals surface area contributed by atoms with Crippen molar-refractivity contribution in [3.05, 3.63) is 62.4 Å². The van der Waals surface area contributed by atoms with Gasteiger partial charge in [-0.15, -0.1) is 0 Å². The van der Waals surface area contributed by atoms with Gasteiger partial charge in [0.25, 0.3) is 5.56 Å². The summed E-state index contributed by atoms with van der Waals surface area (Å²) >= 11 is 0. The summed E-state index contributed by atoms with van der Waals surface area (Å²) in [5, 5.41) is 0. The molecule has 2 aromatic rings. The number of rotatable bonds is 5. The lowest BCUT2D eigenvalue weighted by Crippen LogP contribution is -2.40. The summed E-state index contributed by atoms with van der Waals surface area (Å²) in [6.07, 6.45) is 3.23. The van der Waals surface area contributed by atoms with Crippen LogP contribution in [0.5, 0.6) is 5.75 Å². The number of benzene rings is 1. The molecule has 2 heterocycles. The molecular weight excluding hydrogens is 318 g/mol. The van der Waals surface area contributed by atoms with Crippen LogP contribution in [-0.4, -0.2) is 33.7 Å². The summed E-state index contributed by atoms with van der Waals surface area (Å²) in [6, 6.07) is 10.2. The fourth-order valence-electron chi connectivity index (χ4n) is 3.51. The Morgan fingerprint density at radius 3 is 2.52 bits per heavy atom. The van der Waals surface area contributed by atoms with E-state index in [9.17, 15) is 9.59 Å². The molecule has 0 unspecified atom stereocenters. The number of methoxy groups -OCH3 is 1. The lowest BCUT2D eigenvalue weighted by molar-refractivity contribution is 0.237. The van der Waals surface area contributed by atoms with Crippen molar-refractivity contribution >= 4 is 0 Å². The molecule has 0 N–H and O–H groups in total. The Hall–Kier alpha value is -2.34. The maximum absolute atomic E-state index is 12.1. The van der Waals surface area contributed by atoms with Crippen LogP contribution in [0.4, 0.5) is 0 Å². The van der Waals surface area contributed by atoms with Crippen molar-refractivity contribution in [1.29, 1.82) is 0 Å². The predicted octanol–water partition coefficient (Wildman–Crippen LogP) is 1.30. The van der Waals surface area contributed by atoms with Crippen molar-refractivity contribution in [3.8, 4) is 5.75 Å². The smallest absolute Gasteiger partial charge is 0.330 e. The van der Waals surface area contributed by atoms with Crippen molar-refractivity contribution in [2.24, 2.45) is 14.1 Å². The molecule has 0 spiro atoms. The Bertz CT molecular complexity index is 852. The largest absolute Gasteiger partial charge is 0.497 e. The van der Waals surface area contributed by atoms with Crippen molar-refractivity contribution < 1.29 is 4.74 Å². The van der Waals surface area contributed by atoms with Crippen molar-refractivity contribution in [2.45, 2.75) is 31.8 Å². The van der Waals surface area contributed by atoms with Crippen molar-refractivity contribution in [1.82, 2.24) is 14.0 Å². The minimum absolute atomic E-state index is 0.246. The zero-order valence-corrected chi connectivity index (χ0v) is 15.1. The lowest BCUT2D eigenvalue weighted by atomic mass is 10.0. The third-order valence-corrected chi connectivity index (χ3v) is 5.12. The molecule has 1 atom stereocenters. The summed E-state index contributed by atoms with van der Waals surface area (Å²) in [4.78, 5) is 26.4. The molecule has 1 aliphatic heterocycles. The number of ether oxygens (including phenoxy) is 1. The molecule has 0 saturated carbocycles. The molecule has 25 heavy (non-hydrogen) atoms. The fraction of sp³-hybridized carbons (Fsp3) is 0.474. The number of hydrogen-bond acceptors (Lipinski definition) is 4. The molecular formula is C19H25N3O3. The second-order valence-corrected chi connectivity index (χ2v) is 6.69. The van der Waals surface area contributed by atoms with E-state index < -0.39 is 0 Å². The molecule has 6 nitrogen and oxygen atoms in total. The standard InChI is InChI=1S/C19H25N3O3/c1-20-16(12-18(23)21(2)19(20)24)13-22-10-4-5-15(22)11-14-6-8-17(25-3)9-7-14/h6-9,12,15H,4-5,10-11,13H2,1-3H3/t15-/m1/s1. The summed E-state index contributed by atoms with van der Waals surface area (Å²) in [5.41, 5.74) is 1.53. The Balaban J connectivity index is 1.76. The van der Waals surface area contributed by atoms with Crippen LogP contribution in [0.25, 0.3) is 0 Å². The molecule has 3 rings (SSSR count). The highest BCUT2D eigenvalue weighted by molar-refractivity contribution is 5.27. The summed E-state index contributed by atoms with van der Waals surface area (Å²) in [7, 11) is 4.91. The number of likely N-dealkylation sites (tertiary alicyclic amines) is 1. The Morgan fingerprint density at radius 2 is 1.84 bits per heavy atom. The first-order valence-corrected chi connectivity index (χ1v) is 8.62. The lowest BCUT2D eigenvalue weighted by Gasteiger charge is -2.25. The first-order chi connectivity index (χ1) is 12.0. The Morgan fingerprint density at radius 1 is 1.12 bits per heavy atom. The Kier molecular flexibility index (Phi) is 5.08. The zero-order chi connectivity index (χ0) is 18.0. The average Bonchev–Trinajstić information content (AvgIpc) is 3.05. The second-order valence-electron chi connectivity index (χ2n) is 6.69. The first kappa shape index (κ1) is 17.5. The quantitative estimate of drug-likeness (QED) is 0.821. The van der Waals surface area contributed by atoms with Crippen LogP contribution < -0.4 is 16.0 Å². The van der Waals surface area contributed by atoms with Gasteiger partial charge in [-0.2, -0.15) is 0 Å². The van der Waals surface area contributed by atoms with E-state index >= 15 is 0 Å². The van der Waals surface area contributed by atoms with E-state index in [1.54, 1.807) is 24.8 Å². The van der Waals surface area contributed by atoms with Crippen molar-refractivity contribution in [2.75, 3.05) is 13.7 Å². The summed E-state index contributed by atoms with van der Waals surface area (Å²) < 4.78 is 7.92. The Labute approximate surface area is 147 Å². The topological polar surface area (TPSA) is 56.5 Å². The number of aromatic nitrogens is 2. The average molecular weight is 343 g/mol. The van der Waals surface area contributed by atoms with Crippen LogP contribution in [0.3, 0.4) is 0 Å². The zero-order valence-electron chi connectivity index (χ0n) is 15.1. The minimum atomic E-state index is -0.270. The first-order valence-electron chi connectivity index (χ1n) is 8.62. The van der Waals surface area contributed by atoms with Gasteiger partial charge in [-0.25, -0.2) is 4.79 Å². The normalized spacial score (nSPS) is 17.8. The van der Waals surface area contributed by atoms with E-state index in [0.29, 0.717) is 12.6 Å². The summed E-state index contributed by atoms with van der Waals surface area (Å²) in [6.45, 7) is 1.62. The number of hydrogen-bond donors (Lipinski definition) is 0. The third kappa shape index (κ3) is 3.69. The van der Waals surface area contributed by atoms with Gasteiger partial charge >= 0.3 is 5.69 Å². The van der Waals surface area contributed by atoms with E-state index in [2.05, 4.69) is 17.0 Å². The van der Waals surface area contributed by atoms with E-state index in [0.717, 1.165) is 41.8 Å². The maximum Gasteiger partial charge on any atom is 0.330 e. The van der Waals surface area contributed by atoms with E-state index in [1.807, 2.05) is 12.1 Å². The third-order valence-electron chi connectivity index (χ3n) is 5.12. The molecule has 0 radical (unpaired) electrons. The summed E-state index contributed by atoms with van der Waals surface area (Å²) in [5.74, 6) is 0.863. The van der Waals surface area contributed by atoms with Crippen LogP contribution in [0.1, 0.15) is 24.1 Å². The SMILES string of the molecule is COc1ccc(C[C@H]2CCCN2Cc2cc(=O)n(C)c(=O)n2C)cc1. The van der Waals surface area contributed by atoms with Gasteiger partial charge in [0.2, 0.25) is 0 Å². The van der Waals surface area contributed by atoms with Gasteiger partial charge < -0.3 is 4.74 Å². The molecule has 0 aliphatic carbocycles. The highest BCUT2D eigenvalue weighted by atomic mass is 16.5. The van der Waals surface area contributed by atoms with Gasteiger partial charge in [-0.3, -0.25) is 18.8 Å². The number of nitrogens with zero attached hydrogens (tertiary/aromatic N) is 3. The van der Waals surface area contributed by atoms with Gasteiger partial charge in [0.1, 0.15) is 5.75 Å². The second kappa shape index (κ2) is 7.27. The van der Waals surface area contributed by atoms with Gasteiger partial charge in [-0.05, 0) is 43.5 Å². The highest BCUT2D eigenvalue weighted by Gasteiger charge is 2.25. The van der Waals surface area contributed by atoms with Crippen LogP contribution >= 0.6 is 0 Å². The molecule has 6 heteroatoms. The monoisotopic (exact) mass is 343 g/mol. The molecule has 1 aromatic heterocycles. The van der Waals surface area contributed by atoms with Gasteiger partial charge in [-0.1, -0.05) is 12.1 Å². The molecule has 0 amide bonds. The molecule has 1 fully saturated rings. The van der Waals surface area contributed by atoms with Gasteiger partial charge in [0, 0.05) is 38.4 Å². The highest BCUT2D eigenvalue weighted by Crippen LogP contribution is 2.23. The van der Waals surface area contributed by atoms with Crippen LogP contribution in [0, 0.1) is 0 Å². The van der Waals surface area contributed by atoms with Crippen LogP contribution in [-0.2, 0) is 27.1 Å². The predicted molar refractivity (Wildman–Crippen MR) is 97.1 cm³/mol. The van der Waals surface area contributed by atoms with E-state index in [-0.39, 0.29) is 11.2 Å². The minimum Gasteiger partial charge on any atom is -0.497 e. The van der Waals surface area contributed by atoms with Crippen LogP contribution in [0.15, 0.2) is 39.9 Å². The van der Waals surface area contributed by atoms with Gasteiger partial charge in [0.15, 0.2) is 0 Å². The molecule has 0 bridgehead atoms. The van der Waals surface area contributed by atoms with E-state index in [4.69, 9.17) is 4.74 Å².